The SMILES string of the molecule is N#Cc1ccc(OC2CCCSC2)c(Cl)c1. The molecule has 84 valence electrons. The monoisotopic (exact) mass is 253 g/mol. The lowest BCUT2D eigenvalue weighted by Crippen LogP contribution is -2.23. The molecule has 0 radical (unpaired) electrons. The fraction of sp³-hybridized carbons (Fsp3) is 0.417. The number of nitriles is 1. The molecule has 4 heteroatoms. The van der Waals surface area contributed by atoms with Crippen molar-refractivity contribution < 1.29 is 4.74 Å². The third-order valence-electron chi connectivity index (χ3n) is 2.47. The summed E-state index contributed by atoms with van der Waals surface area (Å²) in [5, 5.41) is 9.24. The van der Waals surface area contributed by atoms with Gasteiger partial charge in [-0.05, 0) is 36.8 Å². The Labute approximate surface area is 105 Å². The number of rotatable bonds is 2. The van der Waals surface area contributed by atoms with Gasteiger partial charge in [-0.1, -0.05) is 11.6 Å². The van der Waals surface area contributed by atoms with Gasteiger partial charge in [0.25, 0.3) is 0 Å². The van der Waals surface area contributed by atoms with Gasteiger partial charge in [-0.3, -0.25) is 0 Å². The maximum atomic E-state index is 8.72. The van der Waals surface area contributed by atoms with Crippen LogP contribution in [-0.4, -0.2) is 17.6 Å². The Kier molecular flexibility index (Phi) is 3.98. The molecule has 0 amide bonds. The van der Waals surface area contributed by atoms with Crippen molar-refractivity contribution in [3.63, 3.8) is 0 Å². The lowest BCUT2D eigenvalue weighted by Gasteiger charge is -2.23. The number of hydrogen-bond donors (Lipinski definition) is 0. The Hall–Kier alpha value is -0.850. The quantitative estimate of drug-likeness (QED) is 0.809. The highest BCUT2D eigenvalue weighted by Gasteiger charge is 2.16. The number of benzene rings is 1. The highest BCUT2D eigenvalue weighted by Crippen LogP contribution is 2.29. The van der Waals surface area contributed by atoms with Crippen LogP contribution in [0.1, 0.15) is 18.4 Å². The minimum absolute atomic E-state index is 0.254. The topological polar surface area (TPSA) is 33.0 Å². The summed E-state index contributed by atoms with van der Waals surface area (Å²) in [5.41, 5.74) is 0.565. The van der Waals surface area contributed by atoms with E-state index < -0.39 is 0 Å². The number of nitrogens with zero attached hydrogens (tertiary/aromatic N) is 1. The summed E-state index contributed by atoms with van der Waals surface area (Å²) < 4.78 is 5.82. The summed E-state index contributed by atoms with van der Waals surface area (Å²) in [6.07, 6.45) is 2.54. The predicted molar refractivity (Wildman–Crippen MR) is 67.1 cm³/mol. The Morgan fingerprint density at radius 1 is 1.50 bits per heavy atom. The second-order valence-electron chi connectivity index (χ2n) is 3.71. The molecule has 1 atom stereocenters. The first kappa shape index (κ1) is 11.6. The van der Waals surface area contributed by atoms with Crippen molar-refractivity contribution in [1.82, 2.24) is 0 Å². The molecule has 1 unspecified atom stereocenters. The lowest BCUT2D eigenvalue weighted by atomic mass is 10.2. The normalized spacial score (nSPS) is 20.1. The molecule has 1 aliphatic heterocycles. The highest BCUT2D eigenvalue weighted by atomic mass is 35.5. The molecule has 1 aromatic rings. The molecule has 0 spiro atoms. The summed E-state index contributed by atoms with van der Waals surface area (Å²) in [7, 11) is 0. The van der Waals surface area contributed by atoms with E-state index in [-0.39, 0.29) is 6.10 Å². The van der Waals surface area contributed by atoms with Gasteiger partial charge in [0.1, 0.15) is 11.9 Å². The second kappa shape index (κ2) is 5.47. The van der Waals surface area contributed by atoms with E-state index in [0.717, 1.165) is 12.2 Å². The van der Waals surface area contributed by atoms with E-state index in [2.05, 4.69) is 6.07 Å². The van der Waals surface area contributed by atoms with Crippen LogP contribution in [0.3, 0.4) is 0 Å². The zero-order valence-electron chi connectivity index (χ0n) is 8.78. The number of thioether (sulfide) groups is 1. The van der Waals surface area contributed by atoms with Crippen LogP contribution >= 0.6 is 23.4 Å². The van der Waals surface area contributed by atoms with E-state index in [1.165, 1.54) is 12.2 Å². The molecular weight excluding hydrogens is 242 g/mol. The summed E-state index contributed by atoms with van der Waals surface area (Å²) >= 11 is 7.96. The van der Waals surface area contributed by atoms with Gasteiger partial charge in [0.15, 0.2) is 0 Å². The Balaban J connectivity index is 2.06. The molecule has 0 aliphatic carbocycles. The molecule has 2 nitrogen and oxygen atoms in total. The van der Waals surface area contributed by atoms with E-state index in [1.54, 1.807) is 18.2 Å². The smallest absolute Gasteiger partial charge is 0.138 e. The Bertz CT molecular complexity index is 410. The van der Waals surface area contributed by atoms with Crippen LogP contribution in [-0.2, 0) is 0 Å². The van der Waals surface area contributed by atoms with E-state index in [0.29, 0.717) is 16.3 Å². The summed E-state index contributed by atoms with van der Waals surface area (Å²) in [6, 6.07) is 7.21. The van der Waals surface area contributed by atoms with Crippen molar-refractivity contribution in [3.8, 4) is 11.8 Å². The zero-order valence-corrected chi connectivity index (χ0v) is 10.4. The third kappa shape index (κ3) is 2.84. The van der Waals surface area contributed by atoms with Crippen LogP contribution in [0.15, 0.2) is 18.2 Å². The molecular formula is C12H12ClNOS. The number of ether oxygens (including phenoxy) is 1. The van der Waals surface area contributed by atoms with E-state index >= 15 is 0 Å². The van der Waals surface area contributed by atoms with Crippen LogP contribution in [0.4, 0.5) is 0 Å². The van der Waals surface area contributed by atoms with Gasteiger partial charge in [-0.25, -0.2) is 0 Å². The molecule has 0 bridgehead atoms. The largest absolute Gasteiger partial charge is 0.488 e. The minimum atomic E-state index is 0.254. The van der Waals surface area contributed by atoms with Crippen molar-refractivity contribution in [2.45, 2.75) is 18.9 Å². The minimum Gasteiger partial charge on any atom is -0.488 e. The average Bonchev–Trinajstić information content (AvgIpc) is 2.33. The molecule has 1 aromatic carbocycles. The summed E-state index contributed by atoms with van der Waals surface area (Å²) in [6.45, 7) is 0. The lowest BCUT2D eigenvalue weighted by molar-refractivity contribution is 0.211. The van der Waals surface area contributed by atoms with Gasteiger partial charge < -0.3 is 4.74 Å². The molecule has 1 saturated heterocycles. The van der Waals surface area contributed by atoms with Crippen molar-refractivity contribution >= 4 is 23.4 Å². The first-order valence-electron chi connectivity index (χ1n) is 5.23. The second-order valence-corrected chi connectivity index (χ2v) is 5.27. The molecule has 1 aliphatic rings. The molecule has 2 rings (SSSR count). The average molecular weight is 254 g/mol. The van der Waals surface area contributed by atoms with Crippen molar-refractivity contribution in [1.29, 1.82) is 5.26 Å². The number of hydrogen-bond acceptors (Lipinski definition) is 3. The standard InChI is InChI=1S/C12H12ClNOS/c13-11-6-9(7-14)3-4-12(11)15-10-2-1-5-16-8-10/h3-4,6,10H,1-2,5,8H2. The van der Waals surface area contributed by atoms with Gasteiger partial charge in [-0.2, -0.15) is 17.0 Å². The molecule has 1 heterocycles. The maximum absolute atomic E-state index is 8.72. The first-order valence-corrected chi connectivity index (χ1v) is 6.77. The summed E-state index contributed by atoms with van der Waals surface area (Å²) in [5.74, 6) is 2.94. The molecule has 0 aromatic heterocycles. The fourth-order valence-corrected chi connectivity index (χ4v) is 2.91. The van der Waals surface area contributed by atoms with Crippen molar-refractivity contribution in [2.24, 2.45) is 0 Å². The maximum Gasteiger partial charge on any atom is 0.138 e. The Morgan fingerprint density at radius 3 is 3.00 bits per heavy atom. The fourth-order valence-electron chi connectivity index (χ4n) is 1.65. The van der Waals surface area contributed by atoms with Crippen LogP contribution < -0.4 is 4.74 Å². The van der Waals surface area contributed by atoms with Gasteiger partial charge >= 0.3 is 0 Å². The Morgan fingerprint density at radius 2 is 2.38 bits per heavy atom. The first-order chi connectivity index (χ1) is 7.79. The zero-order chi connectivity index (χ0) is 11.4. The summed E-state index contributed by atoms with van der Waals surface area (Å²) in [4.78, 5) is 0. The highest BCUT2D eigenvalue weighted by molar-refractivity contribution is 7.99. The third-order valence-corrected chi connectivity index (χ3v) is 3.95. The van der Waals surface area contributed by atoms with E-state index in [9.17, 15) is 0 Å². The molecule has 1 fully saturated rings. The predicted octanol–water partition coefficient (Wildman–Crippen LogP) is 3.49. The number of halogens is 1. The van der Waals surface area contributed by atoms with Crippen molar-refractivity contribution in [2.75, 3.05) is 11.5 Å². The van der Waals surface area contributed by atoms with Crippen LogP contribution in [0, 0.1) is 11.3 Å². The molecule has 0 N–H and O–H groups in total. The van der Waals surface area contributed by atoms with Gasteiger partial charge in [0, 0.05) is 5.75 Å². The van der Waals surface area contributed by atoms with E-state index in [1.807, 2.05) is 11.8 Å². The van der Waals surface area contributed by atoms with Crippen molar-refractivity contribution in [3.05, 3.63) is 28.8 Å². The van der Waals surface area contributed by atoms with Crippen LogP contribution in [0.25, 0.3) is 0 Å². The van der Waals surface area contributed by atoms with Gasteiger partial charge in [0.05, 0.1) is 16.7 Å². The van der Waals surface area contributed by atoms with Gasteiger partial charge in [-0.15, -0.1) is 0 Å². The molecule has 16 heavy (non-hydrogen) atoms. The van der Waals surface area contributed by atoms with Crippen LogP contribution in [0.5, 0.6) is 5.75 Å². The van der Waals surface area contributed by atoms with E-state index in [4.69, 9.17) is 21.6 Å². The van der Waals surface area contributed by atoms with Crippen LogP contribution in [0.2, 0.25) is 5.02 Å². The molecule has 0 saturated carbocycles. The van der Waals surface area contributed by atoms with Gasteiger partial charge in [0.2, 0.25) is 0 Å².